The van der Waals surface area contributed by atoms with Crippen LogP contribution in [0, 0.1) is 0 Å². The van der Waals surface area contributed by atoms with Crippen LogP contribution in [-0.4, -0.2) is 23.4 Å². The number of carbonyl (C=O) groups excluding carboxylic acids is 1. The molecule has 1 amide bonds. The molecule has 1 aliphatic heterocycles. The Balaban J connectivity index is 2.41. The minimum atomic E-state index is -0.116. The Morgan fingerprint density at radius 2 is 2.11 bits per heavy atom. The summed E-state index contributed by atoms with van der Waals surface area (Å²) < 4.78 is 0. The van der Waals surface area contributed by atoms with Gasteiger partial charge in [0.25, 0.3) is 0 Å². The maximum Gasteiger partial charge on any atom is 0.223 e. The summed E-state index contributed by atoms with van der Waals surface area (Å²) in [5.74, 6) is 0.159. The molecule has 2 unspecified atom stereocenters. The highest BCUT2D eigenvalue weighted by atomic mass is 35.5. The zero-order valence-corrected chi connectivity index (χ0v) is 12.4. The largest absolute Gasteiger partial charge is 0.334 e. The summed E-state index contributed by atoms with van der Waals surface area (Å²) in [5.41, 5.74) is 7.21. The monoisotopic (exact) mass is 300 g/mol. The number of nitrogens with two attached hydrogens (primary N) is 1. The smallest absolute Gasteiger partial charge is 0.223 e. The highest BCUT2D eigenvalue weighted by Crippen LogP contribution is 2.33. The van der Waals surface area contributed by atoms with E-state index in [1.165, 1.54) is 0 Å². The van der Waals surface area contributed by atoms with E-state index in [0.29, 0.717) is 23.0 Å². The molecule has 1 aliphatic rings. The van der Waals surface area contributed by atoms with Gasteiger partial charge in [0.1, 0.15) is 0 Å². The molecule has 0 spiro atoms. The molecule has 2 atom stereocenters. The Morgan fingerprint density at radius 3 is 2.74 bits per heavy atom. The van der Waals surface area contributed by atoms with Crippen molar-refractivity contribution in [2.24, 2.45) is 5.73 Å². The minimum absolute atomic E-state index is 0.0661. The first-order valence-electron chi connectivity index (χ1n) is 6.54. The number of likely N-dealkylation sites (N-methyl/N-ethyl adjacent to an activating group) is 1. The van der Waals surface area contributed by atoms with Crippen LogP contribution < -0.4 is 5.73 Å². The molecule has 1 saturated heterocycles. The number of hydrogen-bond acceptors (Lipinski definition) is 2. The second-order valence-corrected chi connectivity index (χ2v) is 5.67. The van der Waals surface area contributed by atoms with Gasteiger partial charge in [-0.05, 0) is 37.5 Å². The van der Waals surface area contributed by atoms with Gasteiger partial charge in [0.05, 0.1) is 16.1 Å². The van der Waals surface area contributed by atoms with Crippen LogP contribution in [0.15, 0.2) is 18.2 Å². The third kappa shape index (κ3) is 3.04. The van der Waals surface area contributed by atoms with E-state index in [1.54, 1.807) is 6.07 Å². The van der Waals surface area contributed by atoms with Crippen molar-refractivity contribution in [2.45, 2.75) is 38.3 Å². The van der Waals surface area contributed by atoms with Gasteiger partial charge < -0.3 is 10.6 Å². The number of hydrogen-bond donors (Lipinski definition) is 1. The average Bonchev–Trinajstić information content (AvgIpc) is 2.52. The van der Waals surface area contributed by atoms with E-state index in [0.717, 1.165) is 18.4 Å². The topological polar surface area (TPSA) is 46.3 Å². The zero-order chi connectivity index (χ0) is 14.0. The summed E-state index contributed by atoms with van der Waals surface area (Å²) in [6.07, 6.45) is 2.25. The summed E-state index contributed by atoms with van der Waals surface area (Å²) in [6.45, 7) is 2.62. The van der Waals surface area contributed by atoms with E-state index < -0.39 is 0 Å². The first-order valence-corrected chi connectivity index (χ1v) is 7.30. The number of nitrogens with zero attached hydrogens (tertiary/aromatic N) is 1. The summed E-state index contributed by atoms with van der Waals surface area (Å²) in [7, 11) is 0. The summed E-state index contributed by atoms with van der Waals surface area (Å²) in [5, 5.41) is 1.01. The molecule has 0 bridgehead atoms. The fraction of sp³-hybridized carbons (Fsp3) is 0.500. The average molecular weight is 301 g/mol. The lowest BCUT2D eigenvalue weighted by Gasteiger charge is -2.33. The fourth-order valence-electron chi connectivity index (χ4n) is 2.67. The summed E-state index contributed by atoms with van der Waals surface area (Å²) in [4.78, 5) is 14.0. The molecule has 0 saturated carbocycles. The lowest BCUT2D eigenvalue weighted by Crippen LogP contribution is -2.42. The highest BCUT2D eigenvalue weighted by molar-refractivity contribution is 6.42. The number of halogens is 2. The van der Waals surface area contributed by atoms with Crippen molar-refractivity contribution in [3.8, 4) is 0 Å². The van der Waals surface area contributed by atoms with Crippen LogP contribution in [0.1, 0.15) is 37.8 Å². The van der Waals surface area contributed by atoms with Crippen LogP contribution in [0.3, 0.4) is 0 Å². The Hall–Kier alpha value is -0.770. The minimum Gasteiger partial charge on any atom is -0.334 e. The number of carbonyl (C=O) groups is 1. The SMILES string of the molecule is CCN1C(=O)CCCC(N)C1c1ccc(Cl)c(Cl)c1. The zero-order valence-electron chi connectivity index (χ0n) is 10.9. The molecule has 19 heavy (non-hydrogen) atoms. The molecule has 1 heterocycles. The number of rotatable bonds is 2. The molecule has 0 aromatic heterocycles. The van der Waals surface area contributed by atoms with E-state index in [4.69, 9.17) is 28.9 Å². The van der Waals surface area contributed by atoms with Crippen molar-refractivity contribution in [1.82, 2.24) is 4.90 Å². The van der Waals surface area contributed by atoms with Gasteiger partial charge in [0.15, 0.2) is 0 Å². The normalized spacial score (nSPS) is 24.4. The third-order valence-corrected chi connectivity index (χ3v) is 4.35. The predicted octanol–water partition coefficient (Wildman–Crippen LogP) is 3.39. The number of amides is 1. The fourth-order valence-corrected chi connectivity index (χ4v) is 2.98. The Kier molecular flexibility index (Phi) is 4.71. The molecule has 1 aromatic rings. The van der Waals surface area contributed by atoms with Gasteiger partial charge in [-0.2, -0.15) is 0 Å². The molecule has 0 aliphatic carbocycles. The van der Waals surface area contributed by atoms with Gasteiger partial charge in [-0.15, -0.1) is 0 Å². The van der Waals surface area contributed by atoms with Crippen LogP contribution in [-0.2, 0) is 4.79 Å². The first kappa shape index (κ1) is 14.6. The molecule has 1 aromatic carbocycles. The van der Waals surface area contributed by atoms with Gasteiger partial charge in [-0.1, -0.05) is 29.3 Å². The van der Waals surface area contributed by atoms with E-state index in [9.17, 15) is 4.79 Å². The van der Waals surface area contributed by atoms with Gasteiger partial charge in [0.2, 0.25) is 5.91 Å². The molecule has 1 fully saturated rings. The van der Waals surface area contributed by atoms with E-state index >= 15 is 0 Å². The first-order chi connectivity index (χ1) is 9.04. The maximum absolute atomic E-state index is 12.1. The van der Waals surface area contributed by atoms with Crippen molar-refractivity contribution in [1.29, 1.82) is 0 Å². The van der Waals surface area contributed by atoms with E-state index in [-0.39, 0.29) is 18.0 Å². The van der Waals surface area contributed by atoms with Crippen molar-refractivity contribution < 1.29 is 4.79 Å². The molecule has 5 heteroatoms. The molecular formula is C14H18Cl2N2O. The van der Waals surface area contributed by atoms with Crippen LogP contribution in [0.25, 0.3) is 0 Å². The van der Waals surface area contributed by atoms with Crippen molar-refractivity contribution in [3.63, 3.8) is 0 Å². The lowest BCUT2D eigenvalue weighted by molar-refractivity contribution is -0.133. The maximum atomic E-state index is 12.1. The van der Waals surface area contributed by atoms with Crippen molar-refractivity contribution in [3.05, 3.63) is 33.8 Å². The lowest BCUT2D eigenvalue weighted by atomic mass is 9.96. The Labute approximate surface area is 123 Å². The summed E-state index contributed by atoms with van der Waals surface area (Å²) in [6, 6.07) is 5.29. The standard InChI is InChI=1S/C14H18Cl2N2O/c1-2-18-13(19)5-3-4-12(17)14(18)9-6-7-10(15)11(16)8-9/h6-8,12,14H,2-5,17H2,1H3. The number of benzene rings is 1. The highest BCUT2D eigenvalue weighted by Gasteiger charge is 2.31. The van der Waals surface area contributed by atoms with Gasteiger partial charge in [-0.25, -0.2) is 0 Å². The van der Waals surface area contributed by atoms with Crippen molar-refractivity contribution >= 4 is 29.1 Å². The quantitative estimate of drug-likeness (QED) is 0.910. The Morgan fingerprint density at radius 1 is 1.37 bits per heavy atom. The van der Waals surface area contributed by atoms with Crippen molar-refractivity contribution in [2.75, 3.05) is 6.54 Å². The third-order valence-electron chi connectivity index (χ3n) is 3.62. The molecule has 2 N–H and O–H groups in total. The second kappa shape index (κ2) is 6.12. The Bertz CT molecular complexity index is 479. The van der Waals surface area contributed by atoms with Gasteiger partial charge in [-0.3, -0.25) is 4.79 Å². The van der Waals surface area contributed by atoms with E-state index in [2.05, 4.69) is 0 Å². The van der Waals surface area contributed by atoms with Crippen LogP contribution >= 0.6 is 23.2 Å². The molecule has 0 radical (unpaired) electrons. The molecule has 2 rings (SSSR count). The van der Waals surface area contributed by atoms with Crippen LogP contribution in [0.2, 0.25) is 10.0 Å². The molecular weight excluding hydrogens is 283 g/mol. The number of likely N-dealkylation sites (tertiary alicyclic amines) is 1. The second-order valence-electron chi connectivity index (χ2n) is 4.85. The predicted molar refractivity (Wildman–Crippen MR) is 78.4 cm³/mol. The van der Waals surface area contributed by atoms with Gasteiger partial charge in [0, 0.05) is 19.0 Å². The van der Waals surface area contributed by atoms with Crippen LogP contribution in [0.5, 0.6) is 0 Å². The van der Waals surface area contributed by atoms with Gasteiger partial charge >= 0.3 is 0 Å². The summed E-state index contributed by atoms with van der Waals surface area (Å²) >= 11 is 12.0. The van der Waals surface area contributed by atoms with E-state index in [1.807, 2.05) is 24.0 Å². The molecule has 104 valence electrons. The van der Waals surface area contributed by atoms with Crippen LogP contribution in [0.4, 0.5) is 0 Å². The molecule has 3 nitrogen and oxygen atoms in total.